The van der Waals surface area contributed by atoms with E-state index in [0.29, 0.717) is 23.6 Å². The van der Waals surface area contributed by atoms with Crippen LogP contribution in [0.3, 0.4) is 0 Å². The number of carbonyl (C=O) groups excluding carboxylic acids is 1. The second-order valence-electron chi connectivity index (χ2n) is 5.37. The minimum atomic E-state index is -0.186. The number of benzene rings is 1. The van der Waals surface area contributed by atoms with E-state index >= 15 is 0 Å². The third kappa shape index (κ3) is 4.45. The van der Waals surface area contributed by atoms with E-state index in [4.69, 9.17) is 9.47 Å². The smallest absolute Gasteiger partial charge is 0.253 e. The summed E-state index contributed by atoms with van der Waals surface area (Å²) >= 11 is 0. The Bertz CT molecular complexity index is 686. The van der Waals surface area contributed by atoms with Gasteiger partial charge in [-0.05, 0) is 45.0 Å². The maximum atomic E-state index is 12.2. The van der Waals surface area contributed by atoms with E-state index in [1.807, 2.05) is 51.1 Å². The van der Waals surface area contributed by atoms with E-state index in [2.05, 4.69) is 10.3 Å². The number of aromatic nitrogens is 1. The number of carbonyl (C=O) groups is 1. The van der Waals surface area contributed by atoms with Crippen LogP contribution in [-0.4, -0.2) is 30.6 Å². The number of rotatable bonds is 6. The molecule has 1 heterocycles. The van der Waals surface area contributed by atoms with Gasteiger partial charge in [-0.15, -0.1) is 0 Å². The lowest BCUT2D eigenvalue weighted by Crippen LogP contribution is -2.34. The zero-order chi connectivity index (χ0) is 16.8. The van der Waals surface area contributed by atoms with E-state index in [1.54, 1.807) is 13.2 Å². The fraction of sp³-hybridized carbons (Fsp3) is 0.333. The molecule has 0 spiro atoms. The van der Waals surface area contributed by atoms with Gasteiger partial charge < -0.3 is 14.8 Å². The van der Waals surface area contributed by atoms with Gasteiger partial charge in [0.15, 0.2) is 11.5 Å². The fourth-order valence-corrected chi connectivity index (χ4v) is 2.23. The van der Waals surface area contributed by atoms with Crippen molar-refractivity contribution in [1.29, 1.82) is 0 Å². The van der Waals surface area contributed by atoms with Crippen LogP contribution in [0.4, 0.5) is 0 Å². The lowest BCUT2D eigenvalue weighted by atomic mass is 10.1. The summed E-state index contributed by atoms with van der Waals surface area (Å²) in [4.78, 5) is 16.5. The number of hydrogen-bond donors (Lipinski definition) is 1. The summed E-state index contributed by atoms with van der Waals surface area (Å²) in [6.07, 6.45) is -0.186. The topological polar surface area (TPSA) is 60.5 Å². The molecule has 1 amide bonds. The zero-order valence-electron chi connectivity index (χ0n) is 13.9. The van der Waals surface area contributed by atoms with Gasteiger partial charge in [-0.1, -0.05) is 12.1 Å². The van der Waals surface area contributed by atoms with E-state index in [1.165, 1.54) is 0 Å². The van der Waals surface area contributed by atoms with Crippen molar-refractivity contribution < 1.29 is 14.3 Å². The zero-order valence-corrected chi connectivity index (χ0v) is 13.9. The van der Waals surface area contributed by atoms with Gasteiger partial charge in [-0.2, -0.15) is 0 Å². The molecule has 1 N–H and O–H groups in total. The van der Waals surface area contributed by atoms with Gasteiger partial charge in [0.2, 0.25) is 0 Å². The van der Waals surface area contributed by atoms with Gasteiger partial charge in [0, 0.05) is 5.69 Å². The Morgan fingerprint density at radius 1 is 1.17 bits per heavy atom. The van der Waals surface area contributed by atoms with Crippen molar-refractivity contribution >= 4 is 5.91 Å². The maximum Gasteiger partial charge on any atom is 0.253 e. The number of nitrogens with zero attached hydrogens (tertiary/aromatic N) is 1. The molecule has 1 aromatic carbocycles. The molecule has 0 saturated heterocycles. The minimum absolute atomic E-state index is 0.148. The quantitative estimate of drug-likeness (QED) is 0.890. The van der Waals surface area contributed by atoms with Crippen LogP contribution in [-0.2, 0) is 0 Å². The van der Waals surface area contributed by atoms with Crippen LogP contribution < -0.4 is 14.8 Å². The Morgan fingerprint density at radius 2 is 1.87 bits per heavy atom. The molecule has 0 aliphatic carbocycles. The van der Waals surface area contributed by atoms with E-state index in [0.717, 1.165) is 11.4 Å². The summed E-state index contributed by atoms with van der Waals surface area (Å²) in [5, 5.41) is 2.87. The van der Waals surface area contributed by atoms with Gasteiger partial charge in [-0.3, -0.25) is 9.78 Å². The number of amides is 1. The minimum Gasteiger partial charge on any atom is -0.493 e. The van der Waals surface area contributed by atoms with Crippen LogP contribution in [0.15, 0.2) is 36.4 Å². The van der Waals surface area contributed by atoms with Crippen molar-refractivity contribution in [2.45, 2.75) is 26.9 Å². The monoisotopic (exact) mass is 314 g/mol. The van der Waals surface area contributed by atoms with E-state index in [9.17, 15) is 4.79 Å². The van der Waals surface area contributed by atoms with Gasteiger partial charge >= 0.3 is 0 Å². The average Bonchev–Trinajstić information content (AvgIpc) is 2.53. The number of hydrogen-bond acceptors (Lipinski definition) is 4. The molecule has 0 bridgehead atoms. The molecule has 23 heavy (non-hydrogen) atoms. The molecule has 0 fully saturated rings. The molecule has 2 rings (SSSR count). The molecule has 0 saturated carbocycles. The summed E-state index contributed by atoms with van der Waals surface area (Å²) in [6.45, 7) is 6.02. The molecule has 0 unspecified atom stereocenters. The third-order valence-corrected chi connectivity index (χ3v) is 3.42. The molecule has 5 nitrogen and oxygen atoms in total. The Kier molecular flexibility index (Phi) is 5.57. The van der Waals surface area contributed by atoms with E-state index < -0.39 is 0 Å². The molecule has 0 aliphatic rings. The van der Waals surface area contributed by atoms with Gasteiger partial charge in [0.1, 0.15) is 6.10 Å². The van der Waals surface area contributed by atoms with Crippen LogP contribution in [0.25, 0.3) is 0 Å². The van der Waals surface area contributed by atoms with Crippen molar-refractivity contribution in [3.05, 3.63) is 53.3 Å². The predicted octanol–water partition coefficient (Wildman–Crippen LogP) is 2.90. The SMILES string of the molecule is COc1ccccc1O[C@@H](C)CNC(=O)c1ccc(C)nc1C. The van der Waals surface area contributed by atoms with Crippen LogP contribution in [0, 0.1) is 13.8 Å². The number of ether oxygens (including phenoxy) is 2. The van der Waals surface area contributed by atoms with Crippen LogP contribution in [0.2, 0.25) is 0 Å². The first-order chi connectivity index (χ1) is 11.0. The largest absolute Gasteiger partial charge is 0.493 e. The van der Waals surface area contributed by atoms with Crippen molar-refractivity contribution in [2.24, 2.45) is 0 Å². The summed E-state index contributed by atoms with van der Waals surface area (Å²) < 4.78 is 11.1. The highest BCUT2D eigenvalue weighted by Gasteiger charge is 2.13. The normalized spacial score (nSPS) is 11.7. The standard InChI is InChI=1S/C18H22N2O3/c1-12-9-10-15(14(3)20-12)18(21)19-11-13(2)23-17-8-6-5-7-16(17)22-4/h5-10,13H,11H2,1-4H3,(H,19,21)/t13-/m0/s1. The average molecular weight is 314 g/mol. The molecule has 122 valence electrons. The number of aryl methyl sites for hydroxylation is 2. The Hall–Kier alpha value is -2.56. The van der Waals surface area contributed by atoms with Crippen molar-refractivity contribution in [2.75, 3.05) is 13.7 Å². The molecule has 0 radical (unpaired) electrons. The highest BCUT2D eigenvalue weighted by molar-refractivity contribution is 5.95. The first-order valence-electron chi connectivity index (χ1n) is 7.53. The molecular formula is C18H22N2O3. The summed E-state index contributed by atoms with van der Waals surface area (Å²) in [6, 6.07) is 11.1. The summed E-state index contributed by atoms with van der Waals surface area (Å²) in [7, 11) is 1.60. The molecule has 0 aliphatic heterocycles. The van der Waals surface area contributed by atoms with Gasteiger partial charge in [0.25, 0.3) is 5.91 Å². The second kappa shape index (κ2) is 7.63. The molecule has 5 heteroatoms. The number of para-hydroxylation sites is 2. The van der Waals surface area contributed by atoms with Crippen molar-refractivity contribution in [1.82, 2.24) is 10.3 Å². The first-order valence-corrected chi connectivity index (χ1v) is 7.53. The highest BCUT2D eigenvalue weighted by atomic mass is 16.5. The summed E-state index contributed by atoms with van der Waals surface area (Å²) in [5.74, 6) is 1.18. The Balaban J connectivity index is 1.93. The second-order valence-corrected chi connectivity index (χ2v) is 5.37. The van der Waals surface area contributed by atoms with Crippen LogP contribution in [0.1, 0.15) is 28.7 Å². The molecular weight excluding hydrogens is 292 g/mol. The number of methoxy groups -OCH3 is 1. The third-order valence-electron chi connectivity index (χ3n) is 3.42. The lowest BCUT2D eigenvalue weighted by Gasteiger charge is -2.17. The molecule has 1 atom stereocenters. The Morgan fingerprint density at radius 3 is 2.52 bits per heavy atom. The number of nitrogens with one attached hydrogen (secondary N) is 1. The van der Waals surface area contributed by atoms with Crippen LogP contribution >= 0.6 is 0 Å². The molecule has 1 aromatic heterocycles. The van der Waals surface area contributed by atoms with Crippen LogP contribution in [0.5, 0.6) is 11.5 Å². The summed E-state index contributed by atoms with van der Waals surface area (Å²) in [5.41, 5.74) is 2.20. The fourth-order valence-electron chi connectivity index (χ4n) is 2.23. The molecule has 2 aromatic rings. The maximum absolute atomic E-state index is 12.2. The number of pyridine rings is 1. The van der Waals surface area contributed by atoms with E-state index in [-0.39, 0.29) is 12.0 Å². The highest BCUT2D eigenvalue weighted by Crippen LogP contribution is 2.26. The van der Waals surface area contributed by atoms with Gasteiger partial charge in [-0.25, -0.2) is 0 Å². The van der Waals surface area contributed by atoms with Crippen molar-refractivity contribution in [3.63, 3.8) is 0 Å². The Labute approximate surface area is 136 Å². The predicted molar refractivity (Wildman–Crippen MR) is 89.1 cm³/mol. The van der Waals surface area contributed by atoms with Crippen molar-refractivity contribution in [3.8, 4) is 11.5 Å². The van der Waals surface area contributed by atoms with Gasteiger partial charge in [0.05, 0.1) is 24.9 Å². The first kappa shape index (κ1) is 16.8. The lowest BCUT2D eigenvalue weighted by molar-refractivity contribution is 0.0930.